The highest BCUT2D eigenvalue weighted by Crippen LogP contribution is 2.27. The van der Waals surface area contributed by atoms with Crippen molar-refractivity contribution in [2.24, 2.45) is 5.73 Å². The zero-order chi connectivity index (χ0) is 17.0. The predicted molar refractivity (Wildman–Crippen MR) is 91.6 cm³/mol. The fraction of sp³-hybridized carbons (Fsp3) is 0.312. The molecule has 3 amide bonds. The van der Waals surface area contributed by atoms with Crippen molar-refractivity contribution in [1.82, 2.24) is 10.3 Å². The van der Waals surface area contributed by atoms with Gasteiger partial charge in [-0.25, -0.2) is 9.78 Å². The number of nitrogens with two attached hydrogens (primary N) is 1. The van der Waals surface area contributed by atoms with Gasteiger partial charge in [-0.15, -0.1) is 11.3 Å². The van der Waals surface area contributed by atoms with Crippen LogP contribution in [0, 0.1) is 6.92 Å². The van der Waals surface area contributed by atoms with E-state index in [-0.39, 0.29) is 6.03 Å². The normalized spacial score (nSPS) is 13.2. The molecule has 2 aromatic rings. The third kappa shape index (κ3) is 4.07. The molecule has 1 heterocycles. The largest absolute Gasteiger partial charge is 0.366 e. The molecular formula is C16H20N4O2S. The molecule has 0 spiro atoms. The van der Waals surface area contributed by atoms with Gasteiger partial charge in [0, 0.05) is 22.3 Å². The van der Waals surface area contributed by atoms with Gasteiger partial charge in [0.15, 0.2) is 0 Å². The fourth-order valence-corrected chi connectivity index (χ4v) is 3.05. The number of aryl methyl sites for hydroxylation is 1. The summed E-state index contributed by atoms with van der Waals surface area (Å²) in [6.07, 6.45) is 0.703. The second-order valence-corrected chi connectivity index (χ2v) is 6.36. The van der Waals surface area contributed by atoms with Gasteiger partial charge in [-0.1, -0.05) is 13.0 Å². The molecule has 122 valence electrons. The van der Waals surface area contributed by atoms with E-state index in [0.717, 1.165) is 10.7 Å². The summed E-state index contributed by atoms with van der Waals surface area (Å²) in [7, 11) is 0. The maximum Gasteiger partial charge on any atom is 0.320 e. The Hall–Kier alpha value is -2.41. The molecule has 0 saturated heterocycles. The quantitative estimate of drug-likeness (QED) is 0.785. The van der Waals surface area contributed by atoms with Gasteiger partial charge in [-0.3, -0.25) is 4.79 Å². The summed E-state index contributed by atoms with van der Waals surface area (Å²) in [6.45, 7) is 5.85. The Kier molecular flexibility index (Phi) is 5.00. The van der Waals surface area contributed by atoms with Crippen LogP contribution in [0.1, 0.15) is 41.3 Å². The van der Waals surface area contributed by atoms with Crippen LogP contribution in [0.3, 0.4) is 0 Å². The number of hydrogen-bond acceptors (Lipinski definition) is 4. The van der Waals surface area contributed by atoms with E-state index in [1.807, 2.05) is 26.2 Å². The molecule has 6 nitrogen and oxygen atoms in total. The maximum atomic E-state index is 12.3. The standard InChI is InChI=1S/C16H20N4O2S/c1-4-16(3,14-18-10(2)9-23-14)20-15(22)19-12-7-5-6-11(8-12)13(17)21/h5-9H,4H2,1-3H3,(H2,17,21)(H2,19,20,22)/t16-/m1/s1. The molecule has 0 aliphatic heterocycles. The van der Waals surface area contributed by atoms with E-state index in [9.17, 15) is 9.59 Å². The molecule has 0 aliphatic carbocycles. The second-order valence-electron chi connectivity index (χ2n) is 5.50. The van der Waals surface area contributed by atoms with Gasteiger partial charge < -0.3 is 16.4 Å². The molecule has 0 unspecified atom stereocenters. The number of thiazole rings is 1. The van der Waals surface area contributed by atoms with Crippen molar-refractivity contribution in [3.63, 3.8) is 0 Å². The summed E-state index contributed by atoms with van der Waals surface area (Å²) in [5.41, 5.74) is 6.47. The van der Waals surface area contributed by atoms with Gasteiger partial charge in [-0.2, -0.15) is 0 Å². The molecule has 0 fully saturated rings. The zero-order valence-electron chi connectivity index (χ0n) is 13.3. The summed E-state index contributed by atoms with van der Waals surface area (Å²) in [4.78, 5) is 27.9. The number of nitrogens with one attached hydrogen (secondary N) is 2. The van der Waals surface area contributed by atoms with E-state index in [4.69, 9.17) is 5.73 Å². The van der Waals surface area contributed by atoms with Gasteiger partial charge in [-0.05, 0) is 38.5 Å². The van der Waals surface area contributed by atoms with Gasteiger partial charge in [0.2, 0.25) is 5.91 Å². The topological polar surface area (TPSA) is 97.1 Å². The average molecular weight is 332 g/mol. The first-order valence-electron chi connectivity index (χ1n) is 7.25. The lowest BCUT2D eigenvalue weighted by Crippen LogP contribution is -2.45. The number of aromatic nitrogens is 1. The maximum absolute atomic E-state index is 12.3. The highest BCUT2D eigenvalue weighted by Gasteiger charge is 2.29. The molecule has 0 bridgehead atoms. The first-order valence-corrected chi connectivity index (χ1v) is 8.13. The van der Waals surface area contributed by atoms with E-state index in [1.54, 1.807) is 24.3 Å². The van der Waals surface area contributed by atoms with Crippen LogP contribution in [0.4, 0.5) is 10.5 Å². The minimum Gasteiger partial charge on any atom is -0.366 e. The summed E-state index contributed by atoms with van der Waals surface area (Å²) >= 11 is 1.52. The molecule has 0 aliphatic rings. The highest BCUT2D eigenvalue weighted by atomic mass is 32.1. The molecule has 1 atom stereocenters. The fourth-order valence-electron chi connectivity index (χ4n) is 2.06. The third-order valence-corrected chi connectivity index (χ3v) is 4.82. The number of benzene rings is 1. The number of carbonyl (C=O) groups is 2. The Morgan fingerprint density at radius 2 is 2.13 bits per heavy atom. The Bertz CT molecular complexity index is 728. The lowest BCUT2D eigenvalue weighted by Gasteiger charge is -2.27. The Labute approximate surface area is 139 Å². The number of amides is 3. The molecule has 0 saturated carbocycles. The highest BCUT2D eigenvalue weighted by molar-refractivity contribution is 7.09. The Morgan fingerprint density at radius 1 is 1.39 bits per heavy atom. The van der Waals surface area contributed by atoms with Crippen LogP contribution < -0.4 is 16.4 Å². The van der Waals surface area contributed by atoms with Gasteiger partial charge in [0.1, 0.15) is 5.01 Å². The van der Waals surface area contributed by atoms with Gasteiger partial charge in [0.05, 0.1) is 5.54 Å². The van der Waals surface area contributed by atoms with Crippen molar-refractivity contribution in [2.75, 3.05) is 5.32 Å². The molecule has 1 aromatic carbocycles. The van der Waals surface area contributed by atoms with Crippen molar-refractivity contribution < 1.29 is 9.59 Å². The first-order chi connectivity index (χ1) is 10.8. The van der Waals surface area contributed by atoms with Crippen LogP contribution in [0.25, 0.3) is 0 Å². The number of primary amides is 1. The van der Waals surface area contributed by atoms with E-state index in [2.05, 4.69) is 15.6 Å². The smallest absolute Gasteiger partial charge is 0.320 e. The SMILES string of the molecule is CC[C@@](C)(NC(=O)Nc1cccc(C(N)=O)c1)c1nc(C)cs1. The van der Waals surface area contributed by atoms with Crippen molar-refractivity contribution in [3.05, 3.63) is 45.9 Å². The lowest BCUT2D eigenvalue weighted by atomic mass is 10.0. The summed E-state index contributed by atoms with van der Waals surface area (Å²) in [5.74, 6) is -0.536. The second kappa shape index (κ2) is 6.78. The summed E-state index contributed by atoms with van der Waals surface area (Å²) < 4.78 is 0. The van der Waals surface area contributed by atoms with E-state index >= 15 is 0 Å². The number of carbonyl (C=O) groups excluding carboxylic acids is 2. The lowest BCUT2D eigenvalue weighted by molar-refractivity contribution is 0.1000. The van der Waals surface area contributed by atoms with Crippen LogP contribution >= 0.6 is 11.3 Å². The number of rotatable bonds is 5. The molecule has 4 N–H and O–H groups in total. The zero-order valence-corrected chi connectivity index (χ0v) is 14.2. The van der Waals surface area contributed by atoms with Crippen LogP contribution in [0.15, 0.2) is 29.6 Å². The van der Waals surface area contributed by atoms with E-state index < -0.39 is 11.4 Å². The third-order valence-electron chi connectivity index (χ3n) is 3.59. The number of hydrogen-bond donors (Lipinski definition) is 3. The van der Waals surface area contributed by atoms with Crippen LogP contribution in [-0.2, 0) is 5.54 Å². The predicted octanol–water partition coefficient (Wildman–Crippen LogP) is 3.00. The van der Waals surface area contributed by atoms with Crippen molar-refractivity contribution in [1.29, 1.82) is 0 Å². The molecule has 0 radical (unpaired) electrons. The molecular weight excluding hydrogens is 312 g/mol. The van der Waals surface area contributed by atoms with Crippen LogP contribution in [0.5, 0.6) is 0 Å². The molecule has 23 heavy (non-hydrogen) atoms. The van der Waals surface area contributed by atoms with Crippen molar-refractivity contribution in [3.8, 4) is 0 Å². The van der Waals surface area contributed by atoms with Gasteiger partial charge in [0.25, 0.3) is 0 Å². The first kappa shape index (κ1) is 17.0. The molecule has 1 aromatic heterocycles. The number of urea groups is 1. The Morgan fingerprint density at radius 3 is 2.70 bits per heavy atom. The minimum absolute atomic E-state index is 0.344. The van der Waals surface area contributed by atoms with Crippen LogP contribution in [0.2, 0.25) is 0 Å². The molecule has 2 rings (SSSR count). The average Bonchev–Trinajstić information content (AvgIpc) is 2.94. The van der Waals surface area contributed by atoms with Crippen molar-refractivity contribution in [2.45, 2.75) is 32.7 Å². The summed E-state index contributed by atoms with van der Waals surface area (Å²) in [6, 6.07) is 6.14. The number of nitrogens with zero attached hydrogens (tertiary/aromatic N) is 1. The van der Waals surface area contributed by atoms with E-state index in [0.29, 0.717) is 17.7 Å². The number of anilines is 1. The molecule has 7 heteroatoms. The van der Waals surface area contributed by atoms with Crippen molar-refractivity contribution >= 4 is 29.0 Å². The summed E-state index contributed by atoms with van der Waals surface area (Å²) in [5, 5.41) is 8.49. The minimum atomic E-state index is -0.551. The Balaban J connectivity index is 2.11. The van der Waals surface area contributed by atoms with E-state index in [1.165, 1.54) is 11.3 Å². The van der Waals surface area contributed by atoms with Gasteiger partial charge >= 0.3 is 6.03 Å². The monoisotopic (exact) mass is 332 g/mol. The van der Waals surface area contributed by atoms with Crippen LogP contribution in [-0.4, -0.2) is 16.9 Å².